The second kappa shape index (κ2) is 9.24. The molecule has 1 heterocycles. The number of halogens is 1. The van der Waals surface area contributed by atoms with Crippen LogP contribution >= 0.6 is 11.6 Å². The van der Waals surface area contributed by atoms with Crippen molar-refractivity contribution in [2.24, 2.45) is 0 Å². The monoisotopic (exact) mass is 490 g/mol. The highest BCUT2D eigenvalue weighted by Crippen LogP contribution is 2.31. The van der Waals surface area contributed by atoms with Crippen molar-refractivity contribution >= 4 is 33.2 Å². The van der Waals surface area contributed by atoms with E-state index in [1.165, 1.54) is 18.2 Å². The van der Waals surface area contributed by atoms with Gasteiger partial charge in [0.25, 0.3) is 11.8 Å². The van der Waals surface area contributed by atoms with Crippen LogP contribution in [0.2, 0.25) is 5.02 Å². The van der Waals surface area contributed by atoms with Crippen LogP contribution in [0.3, 0.4) is 0 Å². The number of hydrogen-bond acceptors (Lipinski definition) is 6. The summed E-state index contributed by atoms with van der Waals surface area (Å²) < 4.78 is 33.5. The van der Waals surface area contributed by atoms with Crippen LogP contribution in [0.1, 0.15) is 62.3 Å². The van der Waals surface area contributed by atoms with Gasteiger partial charge in [0.05, 0.1) is 16.3 Å². The molecular weight excluding hydrogens is 464 g/mol. The van der Waals surface area contributed by atoms with Gasteiger partial charge in [0.2, 0.25) is 10.0 Å². The summed E-state index contributed by atoms with van der Waals surface area (Å²) in [7, 11) is -3.94. The topological polar surface area (TPSA) is 114 Å². The standard InChI is InChI=1S/C23H27ClN4O4S/c1-13(2)20-26-22(32-27-20)16-9-7-8-14(3)19(16)25-21(29)15-10-11-17(24)18(12-15)33(30,31)28-23(4,5)6/h7-13,28H,1-6H3,(H,25,29). The zero-order chi connectivity index (χ0) is 24.6. The predicted molar refractivity (Wildman–Crippen MR) is 128 cm³/mol. The lowest BCUT2D eigenvalue weighted by molar-refractivity contribution is 0.102. The Morgan fingerprint density at radius 2 is 1.85 bits per heavy atom. The van der Waals surface area contributed by atoms with Gasteiger partial charge in [-0.25, -0.2) is 13.1 Å². The Labute approximate surface area is 198 Å². The highest BCUT2D eigenvalue weighted by Gasteiger charge is 2.26. The molecule has 3 aromatic rings. The van der Waals surface area contributed by atoms with Gasteiger partial charge in [-0.05, 0) is 57.5 Å². The summed E-state index contributed by atoms with van der Waals surface area (Å²) >= 11 is 6.15. The molecule has 0 aliphatic heterocycles. The van der Waals surface area contributed by atoms with E-state index in [0.717, 1.165) is 5.56 Å². The maximum atomic E-state index is 13.1. The fraction of sp³-hybridized carbons (Fsp3) is 0.348. The SMILES string of the molecule is Cc1cccc(-c2nc(C(C)C)no2)c1NC(=O)c1ccc(Cl)c(S(=O)(=O)NC(C)(C)C)c1. The Morgan fingerprint density at radius 1 is 1.15 bits per heavy atom. The summed E-state index contributed by atoms with van der Waals surface area (Å²) in [5, 5.41) is 6.86. The molecule has 33 heavy (non-hydrogen) atoms. The van der Waals surface area contributed by atoms with E-state index in [2.05, 4.69) is 20.2 Å². The van der Waals surface area contributed by atoms with Gasteiger partial charge >= 0.3 is 0 Å². The Bertz CT molecular complexity index is 1290. The number of nitrogens with zero attached hydrogens (tertiary/aromatic N) is 2. The number of nitrogens with one attached hydrogen (secondary N) is 2. The third-order valence-electron chi connectivity index (χ3n) is 4.62. The molecule has 2 N–H and O–H groups in total. The van der Waals surface area contributed by atoms with E-state index in [-0.39, 0.29) is 27.3 Å². The minimum Gasteiger partial charge on any atom is -0.334 e. The maximum Gasteiger partial charge on any atom is 0.260 e. The van der Waals surface area contributed by atoms with Crippen molar-refractivity contribution in [2.75, 3.05) is 5.32 Å². The van der Waals surface area contributed by atoms with E-state index in [0.29, 0.717) is 17.1 Å². The molecule has 8 nitrogen and oxygen atoms in total. The smallest absolute Gasteiger partial charge is 0.260 e. The Morgan fingerprint density at radius 3 is 2.45 bits per heavy atom. The van der Waals surface area contributed by atoms with Gasteiger partial charge < -0.3 is 9.84 Å². The lowest BCUT2D eigenvalue weighted by atomic mass is 10.1. The summed E-state index contributed by atoms with van der Waals surface area (Å²) in [6.07, 6.45) is 0. The van der Waals surface area contributed by atoms with Crippen LogP contribution in [0.25, 0.3) is 11.5 Å². The Hall–Kier alpha value is -2.75. The first-order valence-corrected chi connectivity index (χ1v) is 12.2. The summed E-state index contributed by atoms with van der Waals surface area (Å²) in [6, 6.07) is 9.54. The number of sulfonamides is 1. The molecule has 0 spiro atoms. The highest BCUT2D eigenvalue weighted by molar-refractivity contribution is 7.89. The number of carbonyl (C=O) groups excluding carboxylic acids is 1. The van der Waals surface area contributed by atoms with Gasteiger partial charge in [0.1, 0.15) is 4.90 Å². The minimum absolute atomic E-state index is 0.0203. The van der Waals surface area contributed by atoms with Crippen LogP contribution in [0.15, 0.2) is 45.8 Å². The molecule has 0 saturated carbocycles. The van der Waals surface area contributed by atoms with E-state index in [9.17, 15) is 13.2 Å². The van der Waals surface area contributed by atoms with E-state index in [1.54, 1.807) is 26.8 Å². The zero-order valence-electron chi connectivity index (χ0n) is 19.4. The quantitative estimate of drug-likeness (QED) is 0.493. The molecular formula is C23H27ClN4O4S. The van der Waals surface area contributed by atoms with E-state index in [1.807, 2.05) is 32.9 Å². The first kappa shape index (κ1) is 24.9. The second-order valence-electron chi connectivity index (χ2n) is 9.06. The van der Waals surface area contributed by atoms with Crippen LogP contribution < -0.4 is 10.0 Å². The van der Waals surface area contributed by atoms with Crippen molar-refractivity contribution in [3.8, 4) is 11.5 Å². The molecule has 1 amide bonds. The van der Waals surface area contributed by atoms with Crippen molar-refractivity contribution < 1.29 is 17.7 Å². The van der Waals surface area contributed by atoms with Crippen LogP contribution in [0, 0.1) is 6.92 Å². The fourth-order valence-electron chi connectivity index (χ4n) is 3.08. The molecule has 0 atom stereocenters. The summed E-state index contributed by atoms with van der Waals surface area (Å²) in [5.41, 5.74) is 1.26. The summed E-state index contributed by atoms with van der Waals surface area (Å²) in [6.45, 7) is 10.9. The predicted octanol–water partition coefficient (Wildman–Crippen LogP) is 5.15. The fourth-order valence-corrected chi connectivity index (χ4v) is 5.03. The van der Waals surface area contributed by atoms with Gasteiger partial charge in [-0.1, -0.05) is 42.7 Å². The van der Waals surface area contributed by atoms with Gasteiger partial charge in [-0.15, -0.1) is 0 Å². The zero-order valence-corrected chi connectivity index (χ0v) is 20.9. The molecule has 2 aromatic carbocycles. The number of benzene rings is 2. The second-order valence-corrected chi connectivity index (χ2v) is 11.1. The number of rotatable bonds is 6. The number of hydrogen-bond donors (Lipinski definition) is 2. The molecule has 0 radical (unpaired) electrons. The molecule has 0 aliphatic rings. The van der Waals surface area contributed by atoms with E-state index in [4.69, 9.17) is 16.1 Å². The van der Waals surface area contributed by atoms with Crippen molar-refractivity contribution in [2.45, 2.75) is 57.9 Å². The van der Waals surface area contributed by atoms with Crippen LogP contribution in [-0.4, -0.2) is 30.0 Å². The Kier molecular flexibility index (Phi) is 6.97. The molecule has 176 valence electrons. The van der Waals surface area contributed by atoms with Gasteiger partial charge in [0.15, 0.2) is 5.82 Å². The first-order valence-electron chi connectivity index (χ1n) is 10.4. The molecule has 0 aliphatic carbocycles. The van der Waals surface area contributed by atoms with Crippen molar-refractivity contribution in [1.82, 2.24) is 14.9 Å². The number of carbonyl (C=O) groups is 1. The lowest BCUT2D eigenvalue weighted by Crippen LogP contribution is -2.40. The minimum atomic E-state index is -3.94. The van der Waals surface area contributed by atoms with Crippen LogP contribution in [0.4, 0.5) is 5.69 Å². The van der Waals surface area contributed by atoms with E-state index >= 15 is 0 Å². The molecule has 0 fully saturated rings. The maximum absolute atomic E-state index is 13.1. The molecule has 10 heteroatoms. The highest BCUT2D eigenvalue weighted by atomic mass is 35.5. The molecule has 1 aromatic heterocycles. The number of aryl methyl sites for hydroxylation is 1. The molecule has 0 bridgehead atoms. The molecule has 0 saturated heterocycles. The van der Waals surface area contributed by atoms with Crippen molar-refractivity contribution in [1.29, 1.82) is 0 Å². The summed E-state index contributed by atoms with van der Waals surface area (Å²) in [5.74, 6) is 0.425. The molecule has 3 rings (SSSR count). The van der Waals surface area contributed by atoms with Crippen LogP contribution in [-0.2, 0) is 10.0 Å². The van der Waals surface area contributed by atoms with Crippen molar-refractivity contribution in [3.63, 3.8) is 0 Å². The first-order chi connectivity index (χ1) is 15.3. The third-order valence-corrected chi connectivity index (χ3v) is 6.86. The number of para-hydroxylation sites is 1. The molecule has 0 unspecified atom stereocenters. The van der Waals surface area contributed by atoms with Crippen LogP contribution in [0.5, 0.6) is 0 Å². The Balaban J connectivity index is 1.97. The van der Waals surface area contributed by atoms with Gasteiger partial charge in [0, 0.05) is 17.0 Å². The average molecular weight is 491 g/mol. The average Bonchev–Trinajstić information content (AvgIpc) is 3.18. The summed E-state index contributed by atoms with van der Waals surface area (Å²) in [4.78, 5) is 17.4. The largest absolute Gasteiger partial charge is 0.334 e. The van der Waals surface area contributed by atoms with Gasteiger partial charge in [-0.3, -0.25) is 4.79 Å². The normalized spacial score (nSPS) is 12.2. The number of aromatic nitrogens is 2. The van der Waals surface area contributed by atoms with E-state index < -0.39 is 21.5 Å². The van der Waals surface area contributed by atoms with Gasteiger partial charge in [-0.2, -0.15) is 4.98 Å². The lowest BCUT2D eigenvalue weighted by Gasteiger charge is -2.21. The number of amides is 1. The third kappa shape index (κ3) is 5.79. The van der Waals surface area contributed by atoms with Crippen molar-refractivity contribution in [3.05, 3.63) is 58.4 Å². The number of anilines is 1.